The van der Waals surface area contributed by atoms with Crippen LogP contribution in [-0.2, 0) is 6.54 Å². The third-order valence-corrected chi connectivity index (χ3v) is 3.93. The van der Waals surface area contributed by atoms with E-state index in [9.17, 15) is 0 Å². The highest BCUT2D eigenvalue weighted by Crippen LogP contribution is 2.26. The van der Waals surface area contributed by atoms with Gasteiger partial charge in [-0.25, -0.2) is 4.98 Å². The fourth-order valence-electron chi connectivity index (χ4n) is 2.16. The molecule has 0 radical (unpaired) electrons. The molecule has 2 rings (SSSR count). The van der Waals surface area contributed by atoms with E-state index in [-0.39, 0.29) is 5.54 Å². The molecule has 0 saturated heterocycles. The topological polar surface area (TPSA) is 50.9 Å². The van der Waals surface area contributed by atoms with Crippen LogP contribution in [0.4, 0.5) is 0 Å². The zero-order valence-corrected chi connectivity index (χ0v) is 10.1. The number of rotatable bonds is 4. The molecule has 0 bridgehead atoms. The Hall–Kier alpha value is -0.450. The molecule has 84 valence electrons. The van der Waals surface area contributed by atoms with Gasteiger partial charge in [0.05, 0.1) is 0 Å². The van der Waals surface area contributed by atoms with Crippen molar-refractivity contribution in [1.29, 1.82) is 0 Å². The molecule has 1 aliphatic carbocycles. The molecule has 0 unspecified atom stereocenters. The Morgan fingerprint density at radius 3 is 2.87 bits per heavy atom. The summed E-state index contributed by atoms with van der Waals surface area (Å²) in [5.74, 6) is 0. The van der Waals surface area contributed by atoms with Gasteiger partial charge in [0.1, 0.15) is 5.01 Å². The minimum Gasteiger partial charge on any atom is -0.324 e. The lowest BCUT2D eigenvalue weighted by molar-refractivity contribution is 0.404. The number of hydrogen-bond acceptors (Lipinski definition) is 4. The van der Waals surface area contributed by atoms with E-state index in [1.807, 2.05) is 6.20 Å². The summed E-state index contributed by atoms with van der Waals surface area (Å²) in [4.78, 5) is 5.59. The first kappa shape index (κ1) is 11.0. The molecule has 0 amide bonds. The molecule has 4 heteroatoms. The zero-order chi connectivity index (χ0) is 10.7. The van der Waals surface area contributed by atoms with E-state index < -0.39 is 0 Å². The summed E-state index contributed by atoms with van der Waals surface area (Å²) in [7, 11) is 0. The molecule has 1 aromatic heterocycles. The van der Waals surface area contributed by atoms with E-state index in [4.69, 9.17) is 5.73 Å². The van der Waals surface area contributed by atoms with Gasteiger partial charge in [-0.05, 0) is 19.8 Å². The van der Waals surface area contributed by atoms with Gasteiger partial charge < -0.3 is 11.1 Å². The summed E-state index contributed by atoms with van der Waals surface area (Å²) < 4.78 is 0. The van der Waals surface area contributed by atoms with Gasteiger partial charge >= 0.3 is 0 Å². The van der Waals surface area contributed by atoms with E-state index in [0.717, 1.165) is 30.9 Å². The molecular formula is C11H19N3S. The van der Waals surface area contributed by atoms with Gasteiger partial charge in [0.15, 0.2) is 0 Å². The molecule has 1 aliphatic rings. The van der Waals surface area contributed by atoms with Gasteiger partial charge in [-0.2, -0.15) is 0 Å². The molecule has 15 heavy (non-hydrogen) atoms. The summed E-state index contributed by atoms with van der Waals surface area (Å²) in [5, 5.41) is 4.58. The van der Waals surface area contributed by atoms with Crippen LogP contribution in [0.25, 0.3) is 0 Å². The summed E-state index contributed by atoms with van der Waals surface area (Å²) in [6.45, 7) is 3.87. The van der Waals surface area contributed by atoms with Crippen molar-refractivity contribution in [2.45, 2.75) is 44.7 Å². The normalized spacial score (nSPS) is 19.6. The van der Waals surface area contributed by atoms with Gasteiger partial charge in [-0.3, -0.25) is 0 Å². The summed E-state index contributed by atoms with van der Waals surface area (Å²) in [6.07, 6.45) is 6.83. The van der Waals surface area contributed by atoms with Crippen LogP contribution in [0, 0.1) is 6.92 Å². The van der Waals surface area contributed by atoms with Crippen molar-refractivity contribution in [3.63, 3.8) is 0 Å². The summed E-state index contributed by atoms with van der Waals surface area (Å²) in [5.41, 5.74) is 6.30. The SMILES string of the molecule is Cc1cnc(CNCC2(N)CCCC2)s1. The maximum atomic E-state index is 6.25. The lowest BCUT2D eigenvalue weighted by atomic mass is 9.99. The van der Waals surface area contributed by atoms with Crippen molar-refractivity contribution in [2.75, 3.05) is 6.54 Å². The van der Waals surface area contributed by atoms with Crippen LogP contribution in [0.15, 0.2) is 6.20 Å². The molecule has 0 spiro atoms. The van der Waals surface area contributed by atoms with E-state index in [0.29, 0.717) is 0 Å². The molecule has 0 aliphatic heterocycles. The van der Waals surface area contributed by atoms with Gasteiger partial charge in [-0.15, -0.1) is 11.3 Å². The van der Waals surface area contributed by atoms with Gasteiger partial charge in [-0.1, -0.05) is 12.8 Å². The molecule has 3 nitrogen and oxygen atoms in total. The number of aryl methyl sites for hydroxylation is 1. The van der Waals surface area contributed by atoms with Crippen LogP contribution in [0.2, 0.25) is 0 Å². The lowest BCUT2D eigenvalue weighted by Crippen LogP contribution is -2.46. The predicted octanol–water partition coefficient (Wildman–Crippen LogP) is 1.81. The average Bonchev–Trinajstić information content (AvgIpc) is 2.76. The number of nitrogens with one attached hydrogen (secondary N) is 1. The first-order valence-electron chi connectivity index (χ1n) is 5.59. The smallest absolute Gasteiger partial charge is 0.107 e. The van der Waals surface area contributed by atoms with Crippen molar-refractivity contribution in [3.8, 4) is 0 Å². The monoisotopic (exact) mass is 225 g/mol. The molecule has 1 saturated carbocycles. The van der Waals surface area contributed by atoms with Gasteiger partial charge in [0.25, 0.3) is 0 Å². The predicted molar refractivity (Wildman–Crippen MR) is 63.9 cm³/mol. The van der Waals surface area contributed by atoms with Crippen LogP contribution >= 0.6 is 11.3 Å². The third-order valence-electron chi connectivity index (χ3n) is 3.02. The minimum atomic E-state index is 0.0479. The number of aromatic nitrogens is 1. The van der Waals surface area contributed by atoms with E-state index in [2.05, 4.69) is 17.2 Å². The molecule has 1 heterocycles. The average molecular weight is 225 g/mol. The fourth-order valence-corrected chi connectivity index (χ4v) is 2.91. The molecular weight excluding hydrogens is 206 g/mol. The van der Waals surface area contributed by atoms with Crippen LogP contribution in [-0.4, -0.2) is 17.1 Å². The van der Waals surface area contributed by atoms with Crippen molar-refractivity contribution in [3.05, 3.63) is 16.1 Å². The molecule has 1 aromatic rings. The Bertz CT molecular complexity index is 315. The van der Waals surface area contributed by atoms with E-state index >= 15 is 0 Å². The highest BCUT2D eigenvalue weighted by Gasteiger charge is 2.28. The van der Waals surface area contributed by atoms with Crippen molar-refractivity contribution >= 4 is 11.3 Å². The van der Waals surface area contributed by atoms with Crippen molar-refractivity contribution < 1.29 is 0 Å². The van der Waals surface area contributed by atoms with E-state index in [1.165, 1.54) is 17.7 Å². The maximum Gasteiger partial charge on any atom is 0.107 e. The number of thiazole rings is 1. The van der Waals surface area contributed by atoms with E-state index in [1.54, 1.807) is 11.3 Å². The summed E-state index contributed by atoms with van der Waals surface area (Å²) in [6, 6.07) is 0. The second kappa shape index (κ2) is 4.60. The van der Waals surface area contributed by atoms with Gasteiger partial charge in [0.2, 0.25) is 0 Å². The minimum absolute atomic E-state index is 0.0479. The van der Waals surface area contributed by atoms with Crippen LogP contribution in [0.5, 0.6) is 0 Å². The summed E-state index contributed by atoms with van der Waals surface area (Å²) >= 11 is 1.75. The third kappa shape index (κ3) is 3.00. The second-order valence-corrected chi connectivity index (χ2v) is 5.86. The highest BCUT2D eigenvalue weighted by molar-refractivity contribution is 7.11. The quantitative estimate of drug-likeness (QED) is 0.821. The molecule has 0 aromatic carbocycles. The second-order valence-electron chi connectivity index (χ2n) is 4.54. The Morgan fingerprint density at radius 1 is 1.53 bits per heavy atom. The number of nitrogens with two attached hydrogens (primary N) is 1. The van der Waals surface area contributed by atoms with Gasteiger partial charge in [0, 0.05) is 29.7 Å². The van der Waals surface area contributed by atoms with Crippen molar-refractivity contribution in [1.82, 2.24) is 10.3 Å². The Balaban J connectivity index is 1.75. The number of hydrogen-bond donors (Lipinski definition) is 2. The molecule has 0 atom stereocenters. The van der Waals surface area contributed by atoms with Crippen molar-refractivity contribution in [2.24, 2.45) is 5.73 Å². The van der Waals surface area contributed by atoms with Crippen LogP contribution in [0.3, 0.4) is 0 Å². The number of nitrogens with zero attached hydrogens (tertiary/aromatic N) is 1. The molecule has 1 fully saturated rings. The fraction of sp³-hybridized carbons (Fsp3) is 0.727. The highest BCUT2D eigenvalue weighted by atomic mass is 32.1. The lowest BCUT2D eigenvalue weighted by Gasteiger charge is -2.23. The zero-order valence-electron chi connectivity index (χ0n) is 9.25. The first-order valence-corrected chi connectivity index (χ1v) is 6.41. The Kier molecular flexibility index (Phi) is 3.38. The standard InChI is InChI=1S/C11H19N3S/c1-9-6-14-10(15-9)7-13-8-11(12)4-2-3-5-11/h6,13H,2-5,7-8,12H2,1H3. The first-order chi connectivity index (χ1) is 7.18. The maximum absolute atomic E-state index is 6.25. The molecule has 3 N–H and O–H groups in total. The Labute approximate surface area is 95.1 Å². The van der Waals surface area contributed by atoms with Crippen LogP contribution in [0.1, 0.15) is 35.6 Å². The Morgan fingerprint density at radius 2 is 2.27 bits per heavy atom. The van der Waals surface area contributed by atoms with Crippen LogP contribution < -0.4 is 11.1 Å². The largest absolute Gasteiger partial charge is 0.324 e.